The maximum atomic E-state index is 6.00. The van der Waals surface area contributed by atoms with Gasteiger partial charge in [0.15, 0.2) is 0 Å². The number of hydrogen-bond acceptors (Lipinski definition) is 3. The molecule has 3 nitrogen and oxygen atoms in total. The summed E-state index contributed by atoms with van der Waals surface area (Å²) in [6, 6.07) is 4.20. The molecule has 0 aliphatic carbocycles. The van der Waals surface area contributed by atoms with Crippen LogP contribution in [0.3, 0.4) is 0 Å². The average Bonchev–Trinajstić information content (AvgIpc) is 2.83. The van der Waals surface area contributed by atoms with Crippen LogP contribution in [-0.4, -0.2) is 15.6 Å². The van der Waals surface area contributed by atoms with Gasteiger partial charge in [0.05, 0.1) is 15.5 Å². The number of rotatable bonds is 1. The number of imidazole rings is 1. The maximum absolute atomic E-state index is 6.00. The first kappa shape index (κ1) is 10.3. The van der Waals surface area contributed by atoms with E-state index in [2.05, 4.69) is 9.55 Å². The zero-order chi connectivity index (χ0) is 11.1. The molecule has 0 saturated carbocycles. The molecule has 0 amide bonds. The van der Waals surface area contributed by atoms with Crippen molar-refractivity contribution < 1.29 is 0 Å². The van der Waals surface area contributed by atoms with Crippen LogP contribution >= 0.6 is 22.9 Å². The summed E-state index contributed by atoms with van der Waals surface area (Å²) in [6.45, 7) is 0.975. The first-order chi connectivity index (χ1) is 7.74. The van der Waals surface area contributed by atoms with Gasteiger partial charge in [0, 0.05) is 24.7 Å². The van der Waals surface area contributed by atoms with Crippen LogP contribution in [0.1, 0.15) is 12.1 Å². The first-order valence-electron chi connectivity index (χ1n) is 5.29. The minimum absolute atomic E-state index is 0.262. The molecule has 0 bridgehead atoms. The van der Waals surface area contributed by atoms with E-state index in [0.717, 1.165) is 34.3 Å². The molecule has 1 atom stereocenters. The Morgan fingerprint density at radius 2 is 2.38 bits per heavy atom. The highest BCUT2D eigenvalue weighted by Gasteiger charge is 2.21. The van der Waals surface area contributed by atoms with Crippen LogP contribution in [0.5, 0.6) is 0 Å². The molecule has 0 spiro atoms. The lowest BCUT2D eigenvalue weighted by Gasteiger charge is -2.20. The van der Waals surface area contributed by atoms with Gasteiger partial charge in [-0.25, -0.2) is 4.98 Å². The van der Waals surface area contributed by atoms with Crippen LogP contribution in [-0.2, 0) is 13.0 Å². The lowest BCUT2D eigenvalue weighted by molar-refractivity contribution is 0.472. The quantitative estimate of drug-likeness (QED) is 0.849. The molecule has 2 N–H and O–H groups in total. The van der Waals surface area contributed by atoms with Gasteiger partial charge in [-0.05, 0) is 18.6 Å². The van der Waals surface area contributed by atoms with Crippen molar-refractivity contribution in [3.05, 3.63) is 28.5 Å². The van der Waals surface area contributed by atoms with E-state index in [1.807, 2.05) is 18.5 Å². The molecule has 3 heterocycles. The second kappa shape index (κ2) is 3.87. The Bertz CT molecular complexity index is 517. The van der Waals surface area contributed by atoms with E-state index >= 15 is 0 Å². The highest BCUT2D eigenvalue weighted by molar-refractivity contribution is 7.19. The van der Waals surface area contributed by atoms with Crippen molar-refractivity contribution in [1.82, 2.24) is 9.55 Å². The van der Waals surface area contributed by atoms with Gasteiger partial charge < -0.3 is 10.3 Å². The molecule has 0 saturated heterocycles. The Morgan fingerprint density at radius 3 is 3.12 bits per heavy atom. The summed E-state index contributed by atoms with van der Waals surface area (Å²) in [6.07, 6.45) is 3.85. The molecule has 2 aromatic rings. The number of halogens is 1. The van der Waals surface area contributed by atoms with Crippen LogP contribution < -0.4 is 5.73 Å². The molecule has 0 radical (unpaired) electrons. The number of hydrogen-bond donors (Lipinski definition) is 1. The molecule has 1 aliphatic rings. The topological polar surface area (TPSA) is 43.8 Å². The summed E-state index contributed by atoms with van der Waals surface area (Å²) >= 11 is 7.52. The SMILES string of the molecule is NC1CCn2cnc(-c3ccc(Cl)s3)c2C1. The molecule has 0 aromatic carbocycles. The average molecular weight is 254 g/mol. The summed E-state index contributed by atoms with van der Waals surface area (Å²) in [4.78, 5) is 5.61. The minimum atomic E-state index is 0.262. The van der Waals surface area contributed by atoms with Gasteiger partial charge in [-0.15, -0.1) is 11.3 Å². The monoisotopic (exact) mass is 253 g/mol. The fourth-order valence-corrected chi connectivity index (χ4v) is 3.18. The Labute approximate surface area is 103 Å². The highest BCUT2D eigenvalue weighted by atomic mass is 35.5. The van der Waals surface area contributed by atoms with E-state index in [-0.39, 0.29) is 6.04 Å². The number of aryl methyl sites for hydroxylation is 1. The van der Waals surface area contributed by atoms with Crippen LogP contribution in [0.15, 0.2) is 18.5 Å². The Hall–Kier alpha value is -0.840. The van der Waals surface area contributed by atoms with Crippen LogP contribution in [0.2, 0.25) is 4.34 Å². The Kier molecular flexibility index (Phi) is 2.50. The standard InChI is InChI=1S/C11H12ClN3S/c12-10-2-1-9(16-10)11-8-5-7(13)3-4-15(8)6-14-11/h1-2,6-7H,3-5,13H2. The molecule has 2 aromatic heterocycles. The molecule has 5 heteroatoms. The normalized spacial score (nSPS) is 19.8. The Balaban J connectivity index is 2.06. The molecule has 3 rings (SSSR count). The van der Waals surface area contributed by atoms with E-state index in [4.69, 9.17) is 17.3 Å². The lowest BCUT2D eigenvalue weighted by atomic mass is 10.0. The van der Waals surface area contributed by atoms with Gasteiger partial charge in [0.25, 0.3) is 0 Å². The van der Waals surface area contributed by atoms with Crippen molar-refractivity contribution in [2.75, 3.05) is 0 Å². The predicted molar refractivity (Wildman–Crippen MR) is 66.8 cm³/mol. The third-order valence-electron chi connectivity index (χ3n) is 2.95. The fourth-order valence-electron chi connectivity index (χ4n) is 2.12. The fraction of sp³-hybridized carbons (Fsp3) is 0.364. The lowest BCUT2D eigenvalue weighted by Crippen LogP contribution is -2.30. The van der Waals surface area contributed by atoms with Crippen molar-refractivity contribution in [2.45, 2.75) is 25.4 Å². The van der Waals surface area contributed by atoms with Crippen molar-refractivity contribution in [2.24, 2.45) is 5.73 Å². The van der Waals surface area contributed by atoms with Crippen molar-refractivity contribution >= 4 is 22.9 Å². The molecule has 1 aliphatic heterocycles. The Morgan fingerprint density at radius 1 is 1.50 bits per heavy atom. The minimum Gasteiger partial charge on any atom is -0.334 e. The number of nitrogens with two attached hydrogens (primary N) is 1. The third kappa shape index (κ3) is 1.67. The van der Waals surface area contributed by atoms with Gasteiger partial charge in [-0.3, -0.25) is 0 Å². The predicted octanol–water partition coefficient (Wildman–Crippen LogP) is 2.54. The van der Waals surface area contributed by atoms with E-state index < -0.39 is 0 Å². The summed E-state index contributed by atoms with van der Waals surface area (Å²) in [5.74, 6) is 0. The van der Waals surface area contributed by atoms with E-state index in [1.165, 1.54) is 5.69 Å². The first-order valence-corrected chi connectivity index (χ1v) is 6.49. The molecule has 1 unspecified atom stereocenters. The van der Waals surface area contributed by atoms with Crippen LogP contribution in [0.4, 0.5) is 0 Å². The summed E-state index contributed by atoms with van der Waals surface area (Å²) < 4.78 is 3.00. The van der Waals surface area contributed by atoms with E-state index in [0.29, 0.717) is 0 Å². The van der Waals surface area contributed by atoms with Crippen molar-refractivity contribution in [3.63, 3.8) is 0 Å². The maximum Gasteiger partial charge on any atom is 0.101 e. The number of thiophene rings is 1. The molecule has 84 valence electrons. The van der Waals surface area contributed by atoms with Gasteiger partial charge in [0.1, 0.15) is 5.69 Å². The zero-order valence-corrected chi connectivity index (χ0v) is 10.3. The third-order valence-corrected chi connectivity index (χ3v) is 4.19. The molecule has 16 heavy (non-hydrogen) atoms. The van der Waals surface area contributed by atoms with E-state index in [1.54, 1.807) is 11.3 Å². The summed E-state index contributed by atoms with van der Waals surface area (Å²) in [5, 5.41) is 0. The van der Waals surface area contributed by atoms with Crippen molar-refractivity contribution in [1.29, 1.82) is 0 Å². The molecule has 0 fully saturated rings. The van der Waals surface area contributed by atoms with Gasteiger partial charge in [-0.1, -0.05) is 11.6 Å². The van der Waals surface area contributed by atoms with Crippen molar-refractivity contribution in [3.8, 4) is 10.6 Å². The molecular formula is C11H12ClN3S. The summed E-state index contributed by atoms with van der Waals surface area (Å²) in [5.41, 5.74) is 8.29. The van der Waals surface area contributed by atoms with Crippen LogP contribution in [0.25, 0.3) is 10.6 Å². The number of aromatic nitrogens is 2. The second-order valence-corrected chi connectivity index (χ2v) is 5.80. The zero-order valence-electron chi connectivity index (χ0n) is 8.69. The molecular weight excluding hydrogens is 242 g/mol. The van der Waals surface area contributed by atoms with E-state index in [9.17, 15) is 0 Å². The van der Waals surface area contributed by atoms with Gasteiger partial charge >= 0.3 is 0 Å². The second-order valence-electron chi connectivity index (χ2n) is 4.09. The van der Waals surface area contributed by atoms with Crippen LogP contribution in [0, 0.1) is 0 Å². The largest absolute Gasteiger partial charge is 0.334 e. The van der Waals surface area contributed by atoms with Gasteiger partial charge in [0.2, 0.25) is 0 Å². The van der Waals surface area contributed by atoms with Gasteiger partial charge in [-0.2, -0.15) is 0 Å². The number of nitrogens with zero attached hydrogens (tertiary/aromatic N) is 2. The summed E-state index contributed by atoms with van der Waals surface area (Å²) in [7, 11) is 0. The smallest absolute Gasteiger partial charge is 0.101 e. The number of fused-ring (bicyclic) bond motifs is 1. The highest BCUT2D eigenvalue weighted by Crippen LogP contribution is 2.33.